The van der Waals surface area contributed by atoms with Crippen molar-refractivity contribution in [2.24, 2.45) is 5.92 Å². The number of carboxylic acids is 1. The van der Waals surface area contributed by atoms with Gasteiger partial charge in [-0.05, 0) is 37.0 Å². The first-order valence-electron chi connectivity index (χ1n) is 6.77. The number of piperidine rings is 1. The topological polar surface area (TPSA) is 74.7 Å². The molecule has 0 spiro atoms. The summed E-state index contributed by atoms with van der Waals surface area (Å²) in [5.41, 5.74) is 0.956. The molecule has 1 aromatic carbocycles. The zero-order chi connectivity index (χ0) is 14.8. The minimum Gasteiger partial charge on any atom is -0.481 e. The second kappa shape index (κ2) is 5.93. The van der Waals surface area contributed by atoms with E-state index in [1.54, 1.807) is 18.2 Å². The average Bonchev–Trinajstić information content (AvgIpc) is 2.47. The maximum absolute atomic E-state index is 12.6. The molecule has 1 atom stereocenters. The van der Waals surface area contributed by atoms with Crippen LogP contribution in [0.1, 0.15) is 25.3 Å². The first-order valence-corrected chi connectivity index (χ1v) is 8.21. The van der Waals surface area contributed by atoms with Gasteiger partial charge < -0.3 is 5.11 Å². The summed E-state index contributed by atoms with van der Waals surface area (Å²) >= 11 is 0. The second-order valence-electron chi connectivity index (χ2n) is 5.04. The molecule has 5 nitrogen and oxygen atoms in total. The Bertz CT molecular complexity index is 597. The quantitative estimate of drug-likeness (QED) is 0.918. The average molecular weight is 297 g/mol. The highest BCUT2D eigenvalue weighted by Gasteiger charge is 2.33. The Morgan fingerprint density at radius 3 is 2.85 bits per heavy atom. The van der Waals surface area contributed by atoms with Gasteiger partial charge >= 0.3 is 5.97 Å². The molecule has 1 fully saturated rings. The number of hydrogen-bond acceptors (Lipinski definition) is 3. The number of sulfonamides is 1. The van der Waals surface area contributed by atoms with Crippen LogP contribution in [0.5, 0.6) is 0 Å². The molecule has 1 heterocycles. The molecule has 2 rings (SSSR count). The van der Waals surface area contributed by atoms with Gasteiger partial charge in [0.2, 0.25) is 10.0 Å². The van der Waals surface area contributed by atoms with Gasteiger partial charge in [-0.2, -0.15) is 4.31 Å². The van der Waals surface area contributed by atoms with E-state index in [9.17, 15) is 13.2 Å². The van der Waals surface area contributed by atoms with Crippen molar-refractivity contribution in [1.29, 1.82) is 0 Å². The Labute approximate surface area is 119 Å². The van der Waals surface area contributed by atoms with E-state index in [1.165, 1.54) is 4.31 Å². The fourth-order valence-electron chi connectivity index (χ4n) is 2.44. The van der Waals surface area contributed by atoms with E-state index in [0.717, 1.165) is 12.0 Å². The molecule has 20 heavy (non-hydrogen) atoms. The summed E-state index contributed by atoms with van der Waals surface area (Å²) in [6.07, 6.45) is 1.89. The predicted molar refractivity (Wildman–Crippen MR) is 74.9 cm³/mol. The summed E-state index contributed by atoms with van der Waals surface area (Å²) in [4.78, 5) is 11.3. The van der Waals surface area contributed by atoms with Gasteiger partial charge in [0.15, 0.2) is 0 Å². The smallest absolute Gasteiger partial charge is 0.307 e. The Morgan fingerprint density at radius 2 is 2.20 bits per heavy atom. The minimum atomic E-state index is -3.59. The third-order valence-corrected chi connectivity index (χ3v) is 5.54. The maximum atomic E-state index is 12.6. The number of rotatable bonds is 4. The number of carboxylic acid groups (broad SMARTS) is 1. The van der Waals surface area contributed by atoms with E-state index >= 15 is 0 Å². The highest BCUT2D eigenvalue weighted by Crippen LogP contribution is 2.24. The molecular formula is C14H19NO4S. The van der Waals surface area contributed by atoms with Crippen LogP contribution in [0.25, 0.3) is 0 Å². The Balaban J connectivity index is 2.27. The fraction of sp³-hybridized carbons (Fsp3) is 0.500. The number of aliphatic carboxylic acids is 1. The van der Waals surface area contributed by atoms with Gasteiger partial charge in [-0.15, -0.1) is 0 Å². The predicted octanol–water partition coefficient (Wildman–Crippen LogP) is 1.73. The number of benzene rings is 1. The monoisotopic (exact) mass is 297 g/mol. The van der Waals surface area contributed by atoms with Crippen LogP contribution in [0, 0.1) is 5.92 Å². The zero-order valence-electron chi connectivity index (χ0n) is 11.4. The molecule has 0 aromatic heterocycles. The summed E-state index contributed by atoms with van der Waals surface area (Å²) in [6, 6.07) is 6.85. The largest absolute Gasteiger partial charge is 0.481 e. The standard InChI is InChI=1S/C14H19NO4S/c1-2-11-5-3-7-13(9-11)20(18,19)15-8-4-6-12(10-15)14(16)17/h3,5,7,9,12H,2,4,6,8,10H2,1H3,(H,16,17). The van der Waals surface area contributed by atoms with Crippen molar-refractivity contribution >= 4 is 16.0 Å². The van der Waals surface area contributed by atoms with Gasteiger partial charge in [-0.3, -0.25) is 4.79 Å². The van der Waals surface area contributed by atoms with Gasteiger partial charge in [0.25, 0.3) is 0 Å². The van der Waals surface area contributed by atoms with Crippen molar-refractivity contribution in [1.82, 2.24) is 4.31 Å². The molecule has 0 bridgehead atoms. The molecule has 1 unspecified atom stereocenters. The summed E-state index contributed by atoms with van der Waals surface area (Å²) in [7, 11) is -3.59. The van der Waals surface area contributed by atoms with E-state index in [0.29, 0.717) is 19.4 Å². The van der Waals surface area contributed by atoms with Crippen LogP contribution in [0.3, 0.4) is 0 Å². The molecule has 1 saturated heterocycles. The Hall–Kier alpha value is -1.40. The lowest BCUT2D eigenvalue weighted by Gasteiger charge is -2.29. The van der Waals surface area contributed by atoms with Crippen LogP contribution in [0.15, 0.2) is 29.2 Å². The summed E-state index contributed by atoms with van der Waals surface area (Å²) in [6.45, 7) is 2.42. The van der Waals surface area contributed by atoms with Crippen molar-refractivity contribution in [2.75, 3.05) is 13.1 Å². The summed E-state index contributed by atoms with van der Waals surface area (Å²) in [5, 5.41) is 9.05. The zero-order valence-corrected chi connectivity index (χ0v) is 12.3. The van der Waals surface area contributed by atoms with Crippen molar-refractivity contribution in [2.45, 2.75) is 31.1 Å². The van der Waals surface area contributed by atoms with Crippen LogP contribution in [-0.4, -0.2) is 36.9 Å². The van der Waals surface area contributed by atoms with E-state index in [4.69, 9.17) is 5.11 Å². The second-order valence-corrected chi connectivity index (χ2v) is 6.98. The molecule has 110 valence electrons. The van der Waals surface area contributed by atoms with Crippen LogP contribution in [0.2, 0.25) is 0 Å². The van der Waals surface area contributed by atoms with Gasteiger partial charge in [0.1, 0.15) is 0 Å². The SMILES string of the molecule is CCc1cccc(S(=O)(=O)N2CCCC(C(=O)O)C2)c1. The first-order chi connectivity index (χ1) is 9.45. The molecule has 0 saturated carbocycles. The van der Waals surface area contributed by atoms with Crippen molar-refractivity contribution in [3.63, 3.8) is 0 Å². The highest BCUT2D eigenvalue weighted by molar-refractivity contribution is 7.89. The lowest BCUT2D eigenvalue weighted by Crippen LogP contribution is -2.42. The van der Waals surface area contributed by atoms with Crippen LogP contribution < -0.4 is 0 Å². The minimum absolute atomic E-state index is 0.0635. The normalized spacial score (nSPS) is 20.8. The van der Waals surface area contributed by atoms with Gasteiger partial charge in [-0.25, -0.2) is 8.42 Å². The van der Waals surface area contributed by atoms with E-state index in [1.807, 2.05) is 13.0 Å². The van der Waals surface area contributed by atoms with Crippen molar-refractivity contribution in [3.8, 4) is 0 Å². The van der Waals surface area contributed by atoms with E-state index < -0.39 is 21.9 Å². The molecule has 0 aliphatic carbocycles. The molecule has 0 radical (unpaired) electrons. The van der Waals surface area contributed by atoms with E-state index in [-0.39, 0.29) is 11.4 Å². The molecule has 1 aromatic rings. The van der Waals surface area contributed by atoms with Crippen molar-refractivity contribution < 1.29 is 18.3 Å². The lowest BCUT2D eigenvalue weighted by molar-refractivity contribution is -0.142. The van der Waals surface area contributed by atoms with Crippen LogP contribution in [0.4, 0.5) is 0 Å². The molecule has 0 amide bonds. The van der Waals surface area contributed by atoms with Crippen molar-refractivity contribution in [3.05, 3.63) is 29.8 Å². The van der Waals surface area contributed by atoms with Gasteiger partial charge in [0, 0.05) is 13.1 Å². The van der Waals surface area contributed by atoms with Gasteiger partial charge in [0.05, 0.1) is 10.8 Å². The first kappa shape index (κ1) is 15.0. The number of aryl methyl sites for hydroxylation is 1. The maximum Gasteiger partial charge on any atom is 0.307 e. The number of carbonyl (C=O) groups is 1. The highest BCUT2D eigenvalue weighted by atomic mass is 32.2. The van der Waals surface area contributed by atoms with Gasteiger partial charge in [-0.1, -0.05) is 19.1 Å². The summed E-state index contributed by atoms with van der Waals surface area (Å²) < 4.78 is 26.4. The Kier molecular flexibility index (Phi) is 4.45. The van der Waals surface area contributed by atoms with Crippen LogP contribution >= 0.6 is 0 Å². The summed E-state index contributed by atoms with van der Waals surface area (Å²) in [5.74, 6) is -1.53. The fourth-order valence-corrected chi connectivity index (χ4v) is 4.03. The third kappa shape index (κ3) is 3.02. The molecule has 6 heteroatoms. The lowest BCUT2D eigenvalue weighted by atomic mass is 10.0. The van der Waals surface area contributed by atoms with E-state index in [2.05, 4.69) is 0 Å². The molecule has 1 N–H and O–H groups in total. The third-order valence-electron chi connectivity index (χ3n) is 3.68. The van der Waals surface area contributed by atoms with Crippen LogP contribution in [-0.2, 0) is 21.2 Å². The molecular weight excluding hydrogens is 278 g/mol. The molecule has 1 aliphatic heterocycles. The molecule has 1 aliphatic rings. The number of nitrogens with zero attached hydrogens (tertiary/aromatic N) is 1. The number of hydrogen-bond donors (Lipinski definition) is 1. The Morgan fingerprint density at radius 1 is 1.45 bits per heavy atom.